The molecule has 2 atom stereocenters. The van der Waals surface area contributed by atoms with Crippen LogP contribution in [0.15, 0.2) is 41.8 Å². The Kier molecular flexibility index (Phi) is 7.26. The molecule has 6 heteroatoms. The van der Waals surface area contributed by atoms with E-state index in [-0.39, 0.29) is 11.9 Å². The Morgan fingerprint density at radius 1 is 1.26 bits per heavy atom. The fourth-order valence-corrected chi connectivity index (χ4v) is 4.38. The normalized spacial score (nSPS) is 16.8. The highest BCUT2D eigenvalue weighted by atomic mass is 32.1. The van der Waals surface area contributed by atoms with E-state index in [4.69, 9.17) is 4.74 Å². The van der Waals surface area contributed by atoms with Gasteiger partial charge in [-0.25, -0.2) is 0 Å². The lowest BCUT2D eigenvalue weighted by Gasteiger charge is -2.28. The maximum absolute atomic E-state index is 12.4. The van der Waals surface area contributed by atoms with Crippen LogP contribution in [-0.4, -0.2) is 43.6 Å². The minimum atomic E-state index is 0.0112. The number of rotatable bonds is 9. The molecular weight excluding hydrogens is 358 g/mol. The Balaban J connectivity index is 1.50. The van der Waals surface area contributed by atoms with Gasteiger partial charge in [0, 0.05) is 35.6 Å². The molecule has 0 radical (unpaired) electrons. The molecule has 1 aromatic carbocycles. The number of carbonyl (C=O) groups excluding carboxylic acids is 1. The van der Waals surface area contributed by atoms with E-state index >= 15 is 0 Å². The summed E-state index contributed by atoms with van der Waals surface area (Å²) in [5.41, 5.74) is 0.764. The van der Waals surface area contributed by atoms with Crippen LogP contribution in [0.2, 0.25) is 0 Å². The van der Waals surface area contributed by atoms with Gasteiger partial charge in [0.05, 0.1) is 13.2 Å². The van der Waals surface area contributed by atoms with Crippen molar-refractivity contribution >= 4 is 22.9 Å². The van der Waals surface area contributed by atoms with Crippen molar-refractivity contribution in [3.63, 3.8) is 0 Å². The van der Waals surface area contributed by atoms with Gasteiger partial charge in [0.2, 0.25) is 5.91 Å². The minimum absolute atomic E-state index is 0.0112. The third-order valence-corrected chi connectivity index (χ3v) is 5.93. The van der Waals surface area contributed by atoms with Gasteiger partial charge in [-0.15, -0.1) is 11.3 Å². The Morgan fingerprint density at radius 2 is 2.07 bits per heavy atom. The van der Waals surface area contributed by atoms with Gasteiger partial charge in [0.1, 0.15) is 5.75 Å². The smallest absolute Gasteiger partial charge is 0.225 e. The first-order valence-electron chi connectivity index (χ1n) is 9.60. The Bertz CT molecular complexity index is 714. The van der Waals surface area contributed by atoms with Crippen molar-refractivity contribution in [1.82, 2.24) is 10.2 Å². The quantitative estimate of drug-likeness (QED) is 0.685. The molecule has 1 aliphatic rings. The Morgan fingerprint density at radius 3 is 2.78 bits per heavy atom. The van der Waals surface area contributed by atoms with E-state index in [1.807, 2.05) is 35.6 Å². The lowest BCUT2D eigenvalue weighted by molar-refractivity contribution is -0.116. The molecule has 2 N–H and O–H groups in total. The van der Waals surface area contributed by atoms with Crippen LogP contribution < -0.4 is 15.4 Å². The average Bonchev–Trinajstić information content (AvgIpc) is 3.36. The van der Waals surface area contributed by atoms with E-state index < -0.39 is 0 Å². The second-order valence-electron chi connectivity index (χ2n) is 7.07. The minimum Gasteiger partial charge on any atom is -0.497 e. The van der Waals surface area contributed by atoms with Crippen molar-refractivity contribution < 1.29 is 9.53 Å². The average molecular weight is 388 g/mol. The van der Waals surface area contributed by atoms with Crippen molar-refractivity contribution in [3.05, 3.63) is 46.7 Å². The van der Waals surface area contributed by atoms with Crippen LogP contribution in [-0.2, 0) is 4.79 Å². The van der Waals surface area contributed by atoms with Crippen molar-refractivity contribution in [2.75, 3.05) is 32.1 Å². The molecular formula is C21H29N3O2S. The number of carbonyl (C=O) groups is 1. The molecule has 0 saturated carbocycles. The molecule has 0 aliphatic carbocycles. The lowest BCUT2D eigenvalue weighted by Crippen LogP contribution is -2.38. The summed E-state index contributed by atoms with van der Waals surface area (Å²) in [6.45, 7) is 5.26. The van der Waals surface area contributed by atoms with Crippen LogP contribution in [0.4, 0.5) is 5.69 Å². The number of hydrogen-bond donors (Lipinski definition) is 2. The van der Waals surface area contributed by atoms with Gasteiger partial charge in [0.15, 0.2) is 0 Å². The molecule has 1 fully saturated rings. The first kappa shape index (κ1) is 19.9. The zero-order valence-electron chi connectivity index (χ0n) is 16.1. The number of thiophene rings is 1. The van der Waals surface area contributed by atoms with Crippen LogP contribution in [0.1, 0.15) is 37.1 Å². The number of ether oxygens (including phenoxy) is 1. The molecule has 3 rings (SSSR count). The van der Waals surface area contributed by atoms with Gasteiger partial charge in [-0.3, -0.25) is 9.69 Å². The van der Waals surface area contributed by atoms with Crippen molar-refractivity contribution in [1.29, 1.82) is 0 Å². The van der Waals surface area contributed by atoms with E-state index in [9.17, 15) is 4.79 Å². The maximum atomic E-state index is 12.4. The molecule has 0 spiro atoms. The third-order valence-electron chi connectivity index (χ3n) is 4.96. The van der Waals surface area contributed by atoms with Gasteiger partial charge in [-0.1, -0.05) is 12.1 Å². The first-order chi connectivity index (χ1) is 13.2. The Labute approximate surface area is 165 Å². The van der Waals surface area contributed by atoms with E-state index in [0.717, 1.165) is 31.1 Å². The topological polar surface area (TPSA) is 53.6 Å². The first-order valence-corrected chi connectivity index (χ1v) is 10.5. The highest BCUT2D eigenvalue weighted by molar-refractivity contribution is 7.10. The van der Waals surface area contributed by atoms with Gasteiger partial charge >= 0.3 is 0 Å². The summed E-state index contributed by atoms with van der Waals surface area (Å²) in [4.78, 5) is 16.3. The van der Waals surface area contributed by atoms with E-state index in [1.54, 1.807) is 7.11 Å². The van der Waals surface area contributed by atoms with Gasteiger partial charge in [-0.05, 0) is 56.4 Å². The molecule has 1 aromatic heterocycles. The van der Waals surface area contributed by atoms with Gasteiger partial charge in [-0.2, -0.15) is 0 Å². The fourth-order valence-electron chi connectivity index (χ4n) is 3.52. The SMILES string of the molecule is COc1cccc(NC(=O)C[C@@H](C)NC[C@H](c2cccs2)N2CCCC2)c1. The van der Waals surface area contributed by atoms with Crippen molar-refractivity contribution in [3.8, 4) is 5.75 Å². The molecule has 2 heterocycles. The molecule has 2 aromatic rings. The van der Waals surface area contributed by atoms with Crippen LogP contribution in [0.5, 0.6) is 5.75 Å². The fraction of sp³-hybridized carbons (Fsp3) is 0.476. The monoisotopic (exact) mass is 387 g/mol. The molecule has 1 amide bonds. The molecule has 1 saturated heterocycles. The number of likely N-dealkylation sites (tertiary alicyclic amines) is 1. The second-order valence-corrected chi connectivity index (χ2v) is 8.05. The highest BCUT2D eigenvalue weighted by Gasteiger charge is 2.24. The van der Waals surface area contributed by atoms with Crippen LogP contribution >= 0.6 is 11.3 Å². The molecule has 27 heavy (non-hydrogen) atoms. The van der Waals surface area contributed by atoms with E-state index in [1.165, 1.54) is 17.7 Å². The standard InChI is InChI=1S/C21H29N3O2S/c1-16(13-21(25)23-17-7-5-8-18(14-17)26-2)22-15-19(20-9-6-12-27-20)24-10-3-4-11-24/h5-9,12,14,16,19,22H,3-4,10-11,13,15H2,1-2H3,(H,23,25)/t16-,19-/m1/s1. The van der Waals surface area contributed by atoms with Gasteiger partial charge < -0.3 is 15.4 Å². The molecule has 5 nitrogen and oxygen atoms in total. The number of benzene rings is 1. The highest BCUT2D eigenvalue weighted by Crippen LogP contribution is 2.28. The zero-order valence-corrected chi connectivity index (χ0v) is 16.9. The largest absolute Gasteiger partial charge is 0.497 e. The number of amides is 1. The molecule has 1 aliphatic heterocycles. The Hall–Kier alpha value is -1.89. The summed E-state index contributed by atoms with van der Waals surface area (Å²) >= 11 is 1.82. The zero-order chi connectivity index (χ0) is 19.1. The third kappa shape index (κ3) is 5.79. The summed E-state index contributed by atoms with van der Waals surface area (Å²) in [5, 5.41) is 8.66. The van der Waals surface area contributed by atoms with Crippen molar-refractivity contribution in [2.24, 2.45) is 0 Å². The molecule has 0 bridgehead atoms. The molecule has 146 valence electrons. The number of nitrogens with one attached hydrogen (secondary N) is 2. The number of hydrogen-bond acceptors (Lipinski definition) is 5. The number of anilines is 1. The van der Waals surface area contributed by atoms with E-state index in [0.29, 0.717) is 12.5 Å². The summed E-state index contributed by atoms with van der Waals surface area (Å²) in [6.07, 6.45) is 3.00. The number of nitrogens with zero attached hydrogens (tertiary/aromatic N) is 1. The lowest BCUT2D eigenvalue weighted by atomic mass is 10.1. The predicted molar refractivity (Wildman–Crippen MR) is 112 cm³/mol. The summed E-state index contributed by atoms with van der Waals surface area (Å²) < 4.78 is 5.20. The predicted octanol–water partition coefficient (Wildman–Crippen LogP) is 3.90. The van der Waals surface area contributed by atoms with Crippen LogP contribution in [0.3, 0.4) is 0 Å². The summed E-state index contributed by atoms with van der Waals surface area (Å²) in [7, 11) is 1.62. The number of methoxy groups -OCH3 is 1. The summed E-state index contributed by atoms with van der Waals surface area (Å²) in [5.74, 6) is 0.750. The van der Waals surface area contributed by atoms with Crippen molar-refractivity contribution in [2.45, 2.75) is 38.3 Å². The summed E-state index contributed by atoms with van der Waals surface area (Å²) in [6, 6.07) is 12.3. The second kappa shape index (κ2) is 9.88. The van der Waals surface area contributed by atoms with Crippen LogP contribution in [0, 0.1) is 0 Å². The van der Waals surface area contributed by atoms with Gasteiger partial charge in [0.25, 0.3) is 0 Å². The van der Waals surface area contributed by atoms with Crippen LogP contribution in [0.25, 0.3) is 0 Å². The molecule has 0 unspecified atom stereocenters. The maximum Gasteiger partial charge on any atom is 0.225 e. The van der Waals surface area contributed by atoms with E-state index in [2.05, 4.69) is 40.0 Å².